The normalized spacial score (nSPS) is 12.1. The monoisotopic (exact) mass is 410 g/mol. The van der Waals surface area contributed by atoms with E-state index in [9.17, 15) is 14.4 Å². The highest BCUT2D eigenvalue weighted by Gasteiger charge is 2.17. The molecule has 0 fully saturated rings. The number of para-hydroxylation sites is 1. The Kier molecular flexibility index (Phi) is 6.01. The number of methoxy groups -OCH3 is 1. The number of benzene rings is 2. The molecule has 1 atom stereocenters. The lowest BCUT2D eigenvalue weighted by Crippen LogP contribution is -2.32. The summed E-state index contributed by atoms with van der Waals surface area (Å²) in [6.45, 7) is 1.56. The standard InChI is InChI=1S/C21H22N4O5/c1-13(20(27)29-4)30-18-11-15(24(2)3)10-9-14(18)12-22-25-19(26)16-7-5-6-8-17(16)23-21(25)28/h5-13H,1-4H3,(H,23,28). The molecule has 9 heteroatoms. The van der Waals surface area contributed by atoms with Crippen LogP contribution in [0.25, 0.3) is 10.9 Å². The first-order chi connectivity index (χ1) is 14.3. The summed E-state index contributed by atoms with van der Waals surface area (Å²) in [4.78, 5) is 41.2. The molecule has 1 N–H and O–H groups in total. The molecule has 0 saturated carbocycles. The van der Waals surface area contributed by atoms with Crippen molar-refractivity contribution in [1.82, 2.24) is 9.66 Å². The van der Waals surface area contributed by atoms with Gasteiger partial charge >= 0.3 is 11.7 Å². The Morgan fingerprint density at radius 2 is 1.93 bits per heavy atom. The number of nitrogens with zero attached hydrogens (tertiary/aromatic N) is 3. The first-order valence-corrected chi connectivity index (χ1v) is 9.16. The van der Waals surface area contributed by atoms with Crippen LogP contribution in [0.15, 0.2) is 57.2 Å². The van der Waals surface area contributed by atoms with E-state index >= 15 is 0 Å². The average Bonchev–Trinajstić information content (AvgIpc) is 2.73. The predicted octanol–water partition coefficient (Wildman–Crippen LogP) is 1.58. The second-order valence-corrected chi connectivity index (χ2v) is 6.74. The molecule has 0 aliphatic carbocycles. The number of nitrogens with one attached hydrogen (secondary N) is 1. The van der Waals surface area contributed by atoms with Crippen molar-refractivity contribution in [3.05, 3.63) is 68.9 Å². The summed E-state index contributed by atoms with van der Waals surface area (Å²) in [5.74, 6) is -0.177. The fraction of sp³-hybridized carbons (Fsp3) is 0.238. The Morgan fingerprint density at radius 3 is 2.63 bits per heavy atom. The quantitative estimate of drug-likeness (QED) is 0.489. The number of esters is 1. The number of anilines is 1. The lowest BCUT2D eigenvalue weighted by atomic mass is 10.2. The maximum atomic E-state index is 12.6. The summed E-state index contributed by atoms with van der Waals surface area (Å²) in [7, 11) is 5.01. The second-order valence-electron chi connectivity index (χ2n) is 6.74. The molecule has 30 heavy (non-hydrogen) atoms. The van der Waals surface area contributed by atoms with E-state index < -0.39 is 23.3 Å². The van der Waals surface area contributed by atoms with E-state index in [0.717, 1.165) is 10.4 Å². The fourth-order valence-corrected chi connectivity index (χ4v) is 2.79. The molecule has 3 rings (SSSR count). The van der Waals surface area contributed by atoms with Gasteiger partial charge in [-0.3, -0.25) is 4.79 Å². The number of aromatic nitrogens is 2. The lowest BCUT2D eigenvalue weighted by molar-refractivity contribution is -0.147. The minimum atomic E-state index is -0.855. The molecule has 156 valence electrons. The third-order valence-electron chi connectivity index (χ3n) is 4.45. The van der Waals surface area contributed by atoms with Crippen LogP contribution in [0.1, 0.15) is 12.5 Å². The van der Waals surface area contributed by atoms with Gasteiger partial charge in [0.2, 0.25) is 0 Å². The molecular weight excluding hydrogens is 388 g/mol. The van der Waals surface area contributed by atoms with E-state index in [1.165, 1.54) is 13.3 Å². The first kappa shape index (κ1) is 20.8. The van der Waals surface area contributed by atoms with Gasteiger partial charge in [0.25, 0.3) is 5.56 Å². The zero-order valence-corrected chi connectivity index (χ0v) is 17.1. The van der Waals surface area contributed by atoms with E-state index in [0.29, 0.717) is 22.2 Å². The smallest absolute Gasteiger partial charge is 0.349 e. The van der Waals surface area contributed by atoms with Gasteiger partial charge in [-0.25, -0.2) is 9.59 Å². The van der Waals surface area contributed by atoms with E-state index in [-0.39, 0.29) is 0 Å². The molecule has 1 heterocycles. The summed E-state index contributed by atoms with van der Waals surface area (Å²) in [5.41, 5.74) is 0.548. The maximum Gasteiger partial charge on any atom is 0.349 e. The molecule has 0 bridgehead atoms. The topological polar surface area (TPSA) is 106 Å². The highest BCUT2D eigenvalue weighted by molar-refractivity contribution is 5.85. The van der Waals surface area contributed by atoms with Crippen molar-refractivity contribution in [2.75, 3.05) is 26.1 Å². The maximum absolute atomic E-state index is 12.6. The minimum Gasteiger partial charge on any atom is -0.478 e. The summed E-state index contributed by atoms with van der Waals surface area (Å²) in [6, 6.07) is 12.0. The molecule has 1 unspecified atom stereocenters. The molecule has 0 aliphatic heterocycles. The van der Waals surface area contributed by atoms with Crippen LogP contribution in [-0.4, -0.2) is 49.2 Å². The predicted molar refractivity (Wildman–Crippen MR) is 115 cm³/mol. The molecule has 3 aromatic rings. The Morgan fingerprint density at radius 1 is 1.20 bits per heavy atom. The second kappa shape index (κ2) is 8.64. The van der Waals surface area contributed by atoms with Gasteiger partial charge in [-0.05, 0) is 31.2 Å². The van der Waals surface area contributed by atoms with Crippen molar-refractivity contribution in [3.8, 4) is 5.75 Å². The number of hydrogen-bond acceptors (Lipinski definition) is 7. The lowest BCUT2D eigenvalue weighted by Gasteiger charge is -2.18. The van der Waals surface area contributed by atoms with Crippen LogP contribution in [0.5, 0.6) is 5.75 Å². The van der Waals surface area contributed by atoms with Crippen LogP contribution in [0.3, 0.4) is 0 Å². The Bertz CT molecular complexity index is 1230. The number of carbonyl (C=O) groups is 1. The van der Waals surface area contributed by atoms with Crippen molar-refractivity contribution in [2.45, 2.75) is 13.0 Å². The summed E-state index contributed by atoms with van der Waals surface area (Å²) in [6.07, 6.45) is 0.482. The van der Waals surface area contributed by atoms with Crippen LogP contribution in [0.4, 0.5) is 5.69 Å². The van der Waals surface area contributed by atoms with Crippen LogP contribution in [0, 0.1) is 0 Å². The van der Waals surface area contributed by atoms with Gasteiger partial charge in [0.05, 0.1) is 24.2 Å². The van der Waals surface area contributed by atoms with Crippen molar-refractivity contribution in [3.63, 3.8) is 0 Å². The molecule has 0 saturated heterocycles. The summed E-state index contributed by atoms with van der Waals surface area (Å²) < 4.78 is 11.2. The SMILES string of the molecule is COC(=O)C(C)Oc1cc(N(C)C)ccc1C=Nn1c(=O)[nH]c2ccccc2c1=O. The van der Waals surface area contributed by atoms with Crippen LogP contribution in [0.2, 0.25) is 0 Å². The van der Waals surface area contributed by atoms with Crippen LogP contribution >= 0.6 is 0 Å². The van der Waals surface area contributed by atoms with Crippen LogP contribution in [-0.2, 0) is 9.53 Å². The van der Waals surface area contributed by atoms with Gasteiger partial charge in [0.1, 0.15) is 5.75 Å². The molecule has 0 aliphatic rings. The Balaban J connectivity index is 2.05. The van der Waals surface area contributed by atoms with Crippen molar-refractivity contribution >= 4 is 28.8 Å². The average molecular weight is 410 g/mol. The number of H-pyrrole nitrogens is 1. The van der Waals surface area contributed by atoms with Crippen molar-refractivity contribution in [2.24, 2.45) is 5.10 Å². The molecule has 0 spiro atoms. The van der Waals surface area contributed by atoms with E-state index in [2.05, 4.69) is 10.1 Å². The first-order valence-electron chi connectivity index (χ1n) is 9.16. The number of ether oxygens (including phenoxy) is 2. The molecule has 0 radical (unpaired) electrons. The van der Waals surface area contributed by atoms with Gasteiger partial charge in [-0.15, -0.1) is 4.68 Å². The van der Waals surface area contributed by atoms with Crippen molar-refractivity contribution < 1.29 is 14.3 Å². The zero-order valence-electron chi connectivity index (χ0n) is 17.1. The van der Waals surface area contributed by atoms with Crippen LogP contribution < -0.4 is 20.9 Å². The molecular formula is C21H22N4O5. The highest BCUT2D eigenvalue weighted by atomic mass is 16.6. The molecule has 9 nitrogen and oxygen atoms in total. The number of carbonyl (C=O) groups excluding carboxylic acids is 1. The summed E-state index contributed by atoms with van der Waals surface area (Å²) in [5, 5.41) is 4.40. The number of fused-ring (bicyclic) bond motifs is 1. The van der Waals surface area contributed by atoms with E-state index in [1.54, 1.807) is 43.3 Å². The number of aromatic amines is 1. The van der Waals surface area contributed by atoms with Gasteiger partial charge in [0, 0.05) is 31.4 Å². The van der Waals surface area contributed by atoms with E-state index in [1.807, 2.05) is 25.1 Å². The van der Waals surface area contributed by atoms with E-state index in [4.69, 9.17) is 9.47 Å². The summed E-state index contributed by atoms with van der Waals surface area (Å²) >= 11 is 0. The molecule has 2 aromatic carbocycles. The van der Waals surface area contributed by atoms with Crippen molar-refractivity contribution in [1.29, 1.82) is 0 Å². The third kappa shape index (κ3) is 4.24. The highest BCUT2D eigenvalue weighted by Crippen LogP contribution is 2.25. The van der Waals surface area contributed by atoms with Gasteiger partial charge in [-0.2, -0.15) is 5.10 Å². The molecule has 1 aromatic heterocycles. The Hall–Kier alpha value is -3.88. The van der Waals surface area contributed by atoms with Gasteiger partial charge in [-0.1, -0.05) is 12.1 Å². The minimum absolute atomic E-state index is 0.341. The largest absolute Gasteiger partial charge is 0.478 e. The number of hydrogen-bond donors (Lipinski definition) is 1. The zero-order chi connectivity index (χ0) is 21.8. The molecule has 0 amide bonds. The fourth-order valence-electron chi connectivity index (χ4n) is 2.79. The Labute approximate surface area is 172 Å². The number of rotatable bonds is 6. The van der Waals surface area contributed by atoms with Gasteiger partial charge < -0.3 is 19.4 Å². The third-order valence-corrected chi connectivity index (χ3v) is 4.45. The van der Waals surface area contributed by atoms with Gasteiger partial charge in [0.15, 0.2) is 6.10 Å².